The highest BCUT2D eigenvalue weighted by Crippen LogP contribution is 2.12. The smallest absolute Gasteiger partial charge is 0.248 e. The largest absolute Gasteiger partial charge is 0.330 e. The molecule has 0 radical (unpaired) electrons. The standard InChI is InChI=1S/C13H12N2O/c14-6-2-1-3-10-4-5-11-9-15-13(16)8-12(11)7-10/h4-5,7-9H,2,6,14H2,(H,15,16). The number of fused-ring (bicyclic) bond motifs is 1. The zero-order chi connectivity index (χ0) is 11.4. The van der Waals surface area contributed by atoms with Gasteiger partial charge in [-0.2, -0.15) is 0 Å². The molecule has 16 heavy (non-hydrogen) atoms. The van der Waals surface area contributed by atoms with Crippen LogP contribution in [-0.2, 0) is 0 Å². The molecule has 3 nitrogen and oxygen atoms in total. The van der Waals surface area contributed by atoms with Crippen molar-refractivity contribution in [3.8, 4) is 11.8 Å². The molecule has 0 fully saturated rings. The first-order chi connectivity index (χ1) is 7.79. The number of rotatable bonds is 1. The minimum Gasteiger partial charge on any atom is -0.330 e. The van der Waals surface area contributed by atoms with E-state index in [0.29, 0.717) is 13.0 Å². The molecule has 0 aliphatic rings. The van der Waals surface area contributed by atoms with Crippen LogP contribution in [0.3, 0.4) is 0 Å². The molecule has 2 rings (SSSR count). The lowest BCUT2D eigenvalue weighted by Gasteiger charge is -1.96. The maximum atomic E-state index is 11.1. The van der Waals surface area contributed by atoms with E-state index in [1.165, 1.54) is 0 Å². The van der Waals surface area contributed by atoms with Crippen LogP contribution in [0.5, 0.6) is 0 Å². The molecule has 2 aromatic rings. The van der Waals surface area contributed by atoms with Crippen molar-refractivity contribution in [1.29, 1.82) is 0 Å². The predicted molar refractivity (Wildman–Crippen MR) is 65.1 cm³/mol. The normalized spacial score (nSPS) is 9.81. The molecule has 1 aromatic carbocycles. The van der Waals surface area contributed by atoms with E-state index in [9.17, 15) is 4.79 Å². The van der Waals surface area contributed by atoms with Gasteiger partial charge in [0.1, 0.15) is 0 Å². The minimum absolute atomic E-state index is 0.0976. The van der Waals surface area contributed by atoms with Gasteiger partial charge >= 0.3 is 0 Å². The summed E-state index contributed by atoms with van der Waals surface area (Å²) < 4.78 is 0. The average molecular weight is 212 g/mol. The number of hydrogen-bond acceptors (Lipinski definition) is 2. The van der Waals surface area contributed by atoms with Gasteiger partial charge in [-0.05, 0) is 22.9 Å². The molecule has 1 aromatic heterocycles. The van der Waals surface area contributed by atoms with E-state index < -0.39 is 0 Å². The number of H-pyrrole nitrogens is 1. The molecule has 80 valence electrons. The van der Waals surface area contributed by atoms with Gasteiger partial charge in [0.2, 0.25) is 5.56 Å². The second kappa shape index (κ2) is 4.65. The summed E-state index contributed by atoms with van der Waals surface area (Å²) in [4.78, 5) is 13.8. The van der Waals surface area contributed by atoms with Crippen LogP contribution in [0.2, 0.25) is 0 Å². The summed E-state index contributed by atoms with van der Waals surface area (Å²) in [7, 11) is 0. The molecule has 1 heterocycles. The lowest BCUT2D eigenvalue weighted by Crippen LogP contribution is -2.01. The number of pyridine rings is 1. The number of aromatic amines is 1. The Morgan fingerprint density at radius 2 is 2.12 bits per heavy atom. The predicted octanol–water partition coefficient (Wildman–Crippen LogP) is 1.23. The van der Waals surface area contributed by atoms with Crippen molar-refractivity contribution < 1.29 is 0 Å². The highest BCUT2D eigenvalue weighted by molar-refractivity contribution is 5.82. The van der Waals surface area contributed by atoms with Gasteiger partial charge in [0.05, 0.1) is 0 Å². The summed E-state index contributed by atoms with van der Waals surface area (Å²) in [6, 6.07) is 7.36. The monoisotopic (exact) mass is 212 g/mol. The number of nitrogens with two attached hydrogens (primary N) is 1. The van der Waals surface area contributed by atoms with Gasteiger partial charge in [-0.1, -0.05) is 17.9 Å². The van der Waals surface area contributed by atoms with Gasteiger partial charge in [-0.3, -0.25) is 4.79 Å². The maximum absolute atomic E-state index is 11.1. The molecular formula is C13H12N2O. The second-order valence-corrected chi connectivity index (χ2v) is 3.48. The average Bonchev–Trinajstić information content (AvgIpc) is 2.29. The van der Waals surface area contributed by atoms with Crippen molar-refractivity contribution in [1.82, 2.24) is 4.98 Å². The molecule has 0 unspecified atom stereocenters. The van der Waals surface area contributed by atoms with Crippen LogP contribution in [0.1, 0.15) is 12.0 Å². The highest BCUT2D eigenvalue weighted by Gasteiger charge is 1.94. The molecule has 0 aliphatic carbocycles. The van der Waals surface area contributed by atoms with Crippen LogP contribution >= 0.6 is 0 Å². The Hall–Kier alpha value is -2.05. The summed E-state index contributed by atoms with van der Waals surface area (Å²) >= 11 is 0. The van der Waals surface area contributed by atoms with Crippen molar-refractivity contribution in [2.45, 2.75) is 6.42 Å². The molecule has 3 heteroatoms. The van der Waals surface area contributed by atoms with E-state index in [1.54, 1.807) is 12.3 Å². The lowest BCUT2D eigenvalue weighted by molar-refractivity contribution is 1.03. The highest BCUT2D eigenvalue weighted by atomic mass is 16.1. The van der Waals surface area contributed by atoms with Crippen molar-refractivity contribution in [3.05, 3.63) is 46.4 Å². The number of aromatic nitrogens is 1. The van der Waals surface area contributed by atoms with Crippen LogP contribution in [-0.4, -0.2) is 11.5 Å². The van der Waals surface area contributed by atoms with E-state index in [-0.39, 0.29) is 5.56 Å². The van der Waals surface area contributed by atoms with Crippen LogP contribution < -0.4 is 11.3 Å². The summed E-state index contributed by atoms with van der Waals surface area (Å²) in [5.74, 6) is 5.98. The van der Waals surface area contributed by atoms with Gasteiger partial charge in [-0.15, -0.1) is 0 Å². The van der Waals surface area contributed by atoms with Crippen molar-refractivity contribution >= 4 is 10.8 Å². The fourth-order valence-electron chi connectivity index (χ4n) is 1.48. The van der Waals surface area contributed by atoms with Crippen LogP contribution in [0.25, 0.3) is 10.8 Å². The Labute approximate surface area is 93.3 Å². The van der Waals surface area contributed by atoms with Gasteiger partial charge in [0.15, 0.2) is 0 Å². The fraction of sp³-hybridized carbons (Fsp3) is 0.154. The topological polar surface area (TPSA) is 58.9 Å². The molecule has 0 saturated carbocycles. The Balaban J connectivity index is 2.44. The zero-order valence-electron chi connectivity index (χ0n) is 8.79. The first-order valence-corrected chi connectivity index (χ1v) is 5.11. The fourth-order valence-corrected chi connectivity index (χ4v) is 1.48. The third-order valence-electron chi connectivity index (χ3n) is 2.25. The van der Waals surface area contributed by atoms with Crippen LogP contribution in [0, 0.1) is 11.8 Å². The maximum Gasteiger partial charge on any atom is 0.248 e. The molecular weight excluding hydrogens is 200 g/mol. The molecule has 3 N–H and O–H groups in total. The molecule has 0 amide bonds. The Morgan fingerprint density at radius 1 is 1.25 bits per heavy atom. The minimum atomic E-state index is -0.0976. The van der Waals surface area contributed by atoms with Gasteiger partial charge in [0.25, 0.3) is 0 Å². The zero-order valence-corrected chi connectivity index (χ0v) is 8.79. The summed E-state index contributed by atoms with van der Waals surface area (Å²) in [6.45, 7) is 0.570. The third kappa shape index (κ3) is 2.30. The van der Waals surface area contributed by atoms with Crippen molar-refractivity contribution in [2.75, 3.05) is 6.54 Å². The second-order valence-electron chi connectivity index (χ2n) is 3.48. The first-order valence-electron chi connectivity index (χ1n) is 5.11. The summed E-state index contributed by atoms with van der Waals surface area (Å²) in [6.07, 6.45) is 2.39. The van der Waals surface area contributed by atoms with E-state index in [2.05, 4.69) is 16.8 Å². The molecule has 0 bridgehead atoms. The van der Waals surface area contributed by atoms with E-state index >= 15 is 0 Å². The summed E-state index contributed by atoms with van der Waals surface area (Å²) in [5.41, 5.74) is 6.17. The number of nitrogens with one attached hydrogen (secondary N) is 1. The number of hydrogen-bond donors (Lipinski definition) is 2. The van der Waals surface area contributed by atoms with Crippen LogP contribution in [0.4, 0.5) is 0 Å². The third-order valence-corrected chi connectivity index (χ3v) is 2.25. The SMILES string of the molecule is NCCC#Cc1ccc2c[nH]c(=O)cc2c1. The van der Waals surface area contributed by atoms with Gasteiger partial charge < -0.3 is 10.7 Å². The molecule has 0 aliphatic heterocycles. The van der Waals surface area contributed by atoms with Crippen molar-refractivity contribution in [2.24, 2.45) is 5.73 Å². The molecule has 0 atom stereocenters. The Kier molecular flexibility index (Phi) is 3.04. The summed E-state index contributed by atoms with van der Waals surface area (Å²) in [5, 5.41) is 1.91. The van der Waals surface area contributed by atoms with Gasteiger partial charge in [0, 0.05) is 30.8 Å². The van der Waals surface area contributed by atoms with E-state index in [1.807, 2.05) is 18.2 Å². The van der Waals surface area contributed by atoms with Gasteiger partial charge in [-0.25, -0.2) is 0 Å². The van der Waals surface area contributed by atoms with E-state index in [0.717, 1.165) is 16.3 Å². The Morgan fingerprint density at radius 3 is 2.94 bits per heavy atom. The van der Waals surface area contributed by atoms with Crippen LogP contribution in [0.15, 0.2) is 35.3 Å². The van der Waals surface area contributed by atoms with E-state index in [4.69, 9.17) is 5.73 Å². The van der Waals surface area contributed by atoms with Crippen molar-refractivity contribution in [3.63, 3.8) is 0 Å². The first kappa shape index (κ1) is 10.5. The lowest BCUT2D eigenvalue weighted by atomic mass is 10.1. The number of benzene rings is 1. The molecule has 0 spiro atoms. The quantitative estimate of drug-likeness (QED) is 0.698. The Bertz CT molecular complexity index is 617. The molecule has 0 saturated heterocycles.